The highest BCUT2D eigenvalue weighted by molar-refractivity contribution is 6.04. The Balaban J connectivity index is 1.86. The Bertz CT molecular complexity index is 940. The van der Waals surface area contributed by atoms with Gasteiger partial charge in [-0.25, -0.2) is 9.37 Å². The fourth-order valence-corrected chi connectivity index (χ4v) is 2.32. The summed E-state index contributed by atoms with van der Waals surface area (Å²) >= 11 is 0. The van der Waals surface area contributed by atoms with E-state index in [1.165, 1.54) is 37.2 Å². The number of aryl methyl sites for hydroxylation is 1. The SMILES string of the molecule is COc1ncc(NC(=O)c2cc(-c3ccc(F)cc3)nn2C)c(OC)n1. The number of anilines is 1. The van der Waals surface area contributed by atoms with E-state index in [9.17, 15) is 9.18 Å². The standard InChI is InChI=1S/C17H16FN5O3/c1-23-14(8-12(22-23)10-4-6-11(18)7-5-10)15(24)20-13-9-19-17(26-3)21-16(13)25-2/h4-9H,1-3H3,(H,20,24). The highest BCUT2D eigenvalue weighted by atomic mass is 19.1. The first-order valence-corrected chi connectivity index (χ1v) is 7.58. The zero-order chi connectivity index (χ0) is 18.7. The summed E-state index contributed by atoms with van der Waals surface area (Å²) in [6, 6.07) is 7.60. The van der Waals surface area contributed by atoms with Gasteiger partial charge in [0.1, 0.15) is 17.2 Å². The highest BCUT2D eigenvalue weighted by Crippen LogP contribution is 2.24. The van der Waals surface area contributed by atoms with Gasteiger partial charge < -0.3 is 14.8 Å². The maximum Gasteiger partial charge on any atom is 0.319 e. The molecule has 2 aromatic heterocycles. The predicted octanol–water partition coefficient (Wildman–Crippen LogP) is 2.29. The van der Waals surface area contributed by atoms with Crippen LogP contribution < -0.4 is 14.8 Å². The number of benzene rings is 1. The normalized spacial score (nSPS) is 10.5. The van der Waals surface area contributed by atoms with Crippen LogP contribution >= 0.6 is 0 Å². The van der Waals surface area contributed by atoms with Crippen LogP contribution in [-0.4, -0.2) is 39.9 Å². The molecule has 0 radical (unpaired) electrons. The van der Waals surface area contributed by atoms with E-state index in [0.29, 0.717) is 22.6 Å². The van der Waals surface area contributed by atoms with E-state index in [4.69, 9.17) is 9.47 Å². The van der Waals surface area contributed by atoms with Crippen molar-refractivity contribution in [3.63, 3.8) is 0 Å². The number of methoxy groups -OCH3 is 2. The molecule has 3 aromatic rings. The average Bonchev–Trinajstić information content (AvgIpc) is 3.04. The van der Waals surface area contributed by atoms with Crippen molar-refractivity contribution in [1.29, 1.82) is 0 Å². The predicted molar refractivity (Wildman–Crippen MR) is 91.7 cm³/mol. The Kier molecular flexibility index (Phi) is 4.78. The maximum atomic E-state index is 13.1. The van der Waals surface area contributed by atoms with Gasteiger partial charge in [0.25, 0.3) is 5.91 Å². The molecule has 0 spiro atoms. The van der Waals surface area contributed by atoms with Crippen molar-refractivity contribution in [3.05, 3.63) is 48.0 Å². The molecule has 1 aromatic carbocycles. The molecule has 8 nitrogen and oxygen atoms in total. The lowest BCUT2D eigenvalue weighted by Gasteiger charge is -2.09. The maximum absolute atomic E-state index is 13.1. The molecule has 26 heavy (non-hydrogen) atoms. The minimum absolute atomic E-state index is 0.124. The second-order valence-electron chi connectivity index (χ2n) is 5.28. The number of carbonyl (C=O) groups is 1. The number of halogens is 1. The van der Waals surface area contributed by atoms with E-state index < -0.39 is 5.91 Å². The fourth-order valence-electron chi connectivity index (χ4n) is 2.32. The molecule has 0 aliphatic carbocycles. The Hall–Kier alpha value is -3.49. The van der Waals surface area contributed by atoms with Crippen LogP contribution in [0.1, 0.15) is 10.5 Å². The first kappa shape index (κ1) is 17.3. The second kappa shape index (κ2) is 7.18. The Morgan fingerprint density at radius 3 is 2.58 bits per heavy atom. The summed E-state index contributed by atoms with van der Waals surface area (Å²) in [7, 11) is 4.50. The smallest absolute Gasteiger partial charge is 0.319 e. The minimum atomic E-state index is -0.416. The van der Waals surface area contributed by atoms with Crippen LogP contribution in [0, 0.1) is 5.82 Å². The summed E-state index contributed by atoms with van der Waals surface area (Å²) in [4.78, 5) is 20.5. The summed E-state index contributed by atoms with van der Waals surface area (Å²) in [5.74, 6) is -0.583. The summed E-state index contributed by atoms with van der Waals surface area (Å²) in [5, 5.41) is 6.97. The lowest BCUT2D eigenvalue weighted by molar-refractivity contribution is 0.101. The van der Waals surface area contributed by atoms with Crippen molar-refractivity contribution in [2.24, 2.45) is 7.05 Å². The molecular formula is C17H16FN5O3. The molecule has 3 rings (SSSR count). The Morgan fingerprint density at radius 2 is 1.92 bits per heavy atom. The van der Waals surface area contributed by atoms with Gasteiger partial charge in [0.15, 0.2) is 0 Å². The van der Waals surface area contributed by atoms with E-state index in [-0.39, 0.29) is 17.7 Å². The summed E-state index contributed by atoms with van der Waals surface area (Å²) in [5.41, 5.74) is 1.85. The number of aromatic nitrogens is 4. The molecule has 0 aliphatic heterocycles. The molecule has 2 heterocycles. The summed E-state index contributed by atoms with van der Waals surface area (Å²) < 4.78 is 24.6. The lowest BCUT2D eigenvalue weighted by Crippen LogP contribution is -2.17. The molecule has 0 bridgehead atoms. The lowest BCUT2D eigenvalue weighted by atomic mass is 10.1. The largest absolute Gasteiger partial charge is 0.479 e. The van der Waals surface area contributed by atoms with Gasteiger partial charge in [-0.3, -0.25) is 9.48 Å². The number of rotatable bonds is 5. The number of nitrogens with one attached hydrogen (secondary N) is 1. The first-order chi connectivity index (χ1) is 12.5. The summed E-state index contributed by atoms with van der Waals surface area (Å²) in [6.07, 6.45) is 1.39. The van der Waals surface area contributed by atoms with Crippen LogP contribution in [0.25, 0.3) is 11.3 Å². The zero-order valence-electron chi connectivity index (χ0n) is 14.4. The summed E-state index contributed by atoms with van der Waals surface area (Å²) in [6.45, 7) is 0. The average molecular weight is 357 g/mol. The topological polar surface area (TPSA) is 91.2 Å². The number of nitrogens with zero attached hydrogens (tertiary/aromatic N) is 4. The van der Waals surface area contributed by atoms with Crippen molar-refractivity contribution in [1.82, 2.24) is 19.7 Å². The van der Waals surface area contributed by atoms with E-state index in [1.54, 1.807) is 25.2 Å². The number of hydrogen-bond donors (Lipinski definition) is 1. The fraction of sp³-hybridized carbons (Fsp3) is 0.176. The molecule has 0 unspecified atom stereocenters. The van der Waals surface area contributed by atoms with Gasteiger partial charge in [0.05, 0.1) is 26.1 Å². The molecule has 9 heteroatoms. The van der Waals surface area contributed by atoms with Crippen LogP contribution in [0.5, 0.6) is 11.9 Å². The van der Waals surface area contributed by atoms with Crippen molar-refractivity contribution in [2.45, 2.75) is 0 Å². The van der Waals surface area contributed by atoms with E-state index in [2.05, 4.69) is 20.4 Å². The third kappa shape index (κ3) is 3.46. The van der Waals surface area contributed by atoms with Crippen LogP contribution in [0.15, 0.2) is 36.5 Å². The third-order valence-corrected chi connectivity index (χ3v) is 3.61. The van der Waals surface area contributed by atoms with Crippen LogP contribution in [0.2, 0.25) is 0 Å². The monoisotopic (exact) mass is 357 g/mol. The van der Waals surface area contributed by atoms with Gasteiger partial charge in [-0.05, 0) is 30.3 Å². The van der Waals surface area contributed by atoms with E-state index >= 15 is 0 Å². The molecule has 0 fully saturated rings. The van der Waals surface area contributed by atoms with Crippen LogP contribution in [0.4, 0.5) is 10.1 Å². The number of carbonyl (C=O) groups excluding carboxylic acids is 1. The Labute approximate surface area is 148 Å². The van der Waals surface area contributed by atoms with Gasteiger partial charge in [0, 0.05) is 12.6 Å². The van der Waals surface area contributed by atoms with E-state index in [1.807, 2.05) is 0 Å². The molecule has 0 atom stereocenters. The first-order valence-electron chi connectivity index (χ1n) is 7.58. The van der Waals surface area contributed by atoms with Gasteiger partial charge in [0.2, 0.25) is 5.88 Å². The molecular weight excluding hydrogens is 341 g/mol. The van der Waals surface area contributed by atoms with Crippen molar-refractivity contribution in [3.8, 4) is 23.1 Å². The minimum Gasteiger partial charge on any atom is -0.479 e. The quantitative estimate of drug-likeness (QED) is 0.753. The van der Waals surface area contributed by atoms with Gasteiger partial charge in [-0.2, -0.15) is 10.1 Å². The zero-order valence-corrected chi connectivity index (χ0v) is 14.4. The highest BCUT2D eigenvalue weighted by Gasteiger charge is 2.17. The molecule has 1 amide bonds. The number of amides is 1. The third-order valence-electron chi connectivity index (χ3n) is 3.61. The molecule has 1 N–H and O–H groups in total. The number of hydrogen-bond acceptors (Lipinski definition) is 6. The Morgan fingerprint density at radius 1 is 1.19 bits per heavy atom. The molecule has 134 valence electrons. The molecule has 0 aliphatic rings. The van der Waals surface area contributed by atoms with Gasteiger partial charge >= 0.3 is 6.01 Å². The van der Waals surface area contributed by atoms with Crippen molar-refractivity contribution >= 4 is 11.6 Å². The van der Waals surface area contributed by atoms with Gasteiger partial charge in [-0.15, -0.1) is 0 Å². The van der Waals surface area contributed by atoms with Crippen LogP contribution in [0.3, 0.4) is 0 Å². The van der Waals surface area contributed by atoms with Crippen molar-refractivity contribution < 1.29 is 18.7 Å². The number of ether oxygens (including phenoxy) is 2. The molecule has 0 saturated carbocycles. The van der Waals surface area contributed by atoms with E-state index in [0.717, 1.165) is 0 Å². The van der Waals surface area contributed by atoms with Crippen molar-refractivity contribution in [2.75, 3.05) is 19.5 Å². The second-order valence-corrected chi connectivity index (χ2v) is 5.28. The van der Waals surface area contributed by atoms with Gasteiger partial charge in [-0.1, -0.05) is 0 Å². The van der Waals surface area contributed by atoms with Crippen LogP contribution in [-0.2, 0) is 7.05 Å². The molecule has 0 saturated heterocycles.